The van der Waals surface area contributed by atoms with Gasteiger partial charge in [0.15, 0.2) is 0 Å². The van der Waals surface area contributed by atoms with E-state index in [-0.39, 0.29) is 0 Å². The summed E-state index contributed by atoms with van der Waals surface area (Å²) in [7, 11) is 1.77. The largest absolute Gasteiger partial charge is 0.388 e. The second kappa shape index (κ2) is 5.43. The molecule has 1 aromatic carbocycles. The third-order valence-electron chi connectivity index (χ3n) is 2.85. The fourth-order valence-corrected chi connectivity index (χ4v) is 2.76. The van der Waals surface area contributed by atoms with Crippen LogP contribution in [0.1, 0.15) is 22.9 Å². The van der Waals surface area contributed by atoms with Crippen LogP contribution in [0, 0.1) is 6.92 Å². The SMILES string of the molecule is Cc1nn(C)c(Cl)c1C(O)Cc1cccc(Br)c1. The number of hydrogen-bond acceptors (Lipinski definition) is 2. The Balaban J connectivity index is 2.24. The summed E-state index contributed by atoms with van der Waals surface area (Å²) in [5.41, 5.74) is 2.53. The number of aromatic nitrogens is 2. The van der Waals surface area contributed by atoms with Crippen LogP contribution in [-0.2, 0) is 13.5 Å². The predicted molar refractivity (Wildman–Crippen MR) is 75.8 cm³/mol. The summed E-state index contributed by atoms with van der Waals surface area (Å²) in [6.07, 6.45) is -0.119. The lowest BCUT2D eigenvalue weighted by molar-refractivity contribution is 0.178. The second-order valence-corrected chi connectivity index (χ2v) is 5.54. The summed E-state index contributed by atoms with van der Waals surface area (Å²) in [4.78, 5) is 0. The van der Waals surface area contributed by atoms with E-state index < -0.39 is 6.10 Å². The first-order valence-corrected chi connectivity index (χ1v) is 6.77. The minimum absolute atomic E-state index is 0.495. The van der Waals surface area contributed by atoms with Crippen molar-refractivity contribution in [1.29, 1.82) is 0 Å². The van der Waals surface area contributed by atoms with Crippen molar-refractivity contribution in [1.82, 2.24) is 9.78 Å². The Bertz CT molecular complexity index is 568. The summed E-state index contributed by atoms with van der Waals surface area (Å²) in [5, 5.41) is 15.0. The van der Waals surface area contributed by atoms with Gasteiger partial charge < -0.3 is 5.11 Å². The summed E-state index contributed by atoms with van der Waals surface area (Å²) in [5.74, 6) is 0. The Morgan fingerprint density at radius 1 is 1.50 bits per heavy atom. The van der Waals surface area contributed by atoms with Crippen LogP contribution >= 0.6 is 27.5 Å². The molecule has 1 N–H and O–H groups in total. The normalized spacial score (nSPS) is 12.7. The van der Waals surface area contributed by atoms with Crippen LogP contribution in [0.3, 0.4) is 0 Å². The van der Waals surface area contributed by atoms with Crippen molar-refractivity contribution >= 4 is 27.5 Å². The van der Waals surface area contributed by atoms with Crippen molar-refractivity contribution in [2.75, 3.05) is 0 Å². The Morgan fingerprint density at radius 2 is 2.22 bits per heavy atom. The third kappa shape index (κ3) is 2.76. The Hall–Kier alpha value is -0.840. The molecule has 0 spiro atoms. The van der Waals surface area contributed by atoms with Crippen LogP contribution in [0.25, 0.3) is 0 Å². The van der Waals surface area contributed by atoms with Gasteiger partial charge in [0, 0.05) is 23.5 Å². The first-order chi connectivity index (χ1) is 8.49. The average molecular weight is 330 g/mol. The van der Waals surface area contributed by atoms with Crippen molar-refractivity contribution in [3.8, 4) is 0 Å². The molecule has 0 saturated heterocycles. The molecule has 1 heterocycles. The Labute approximate surface area is 120 Å². The van der Waals surface area contributed by atoms with Crippen molar-refractivity contribution in [2.24, 2.45) is 7.05 Å². The molecule has 2 rings (SSSR count). The standard InChI is InChI=1S/C13H14BrClN2O/c1-8-12(13(15)17(2)16-8)11(18)7-9-4-3-5-10(14)6-9/h3-6,11,18H,7H2,1-2H3. The van der Waals surface area contributed by atoms with Gasteiger partial charge >= 0.3 is 0 Å². The molecule has 0 radical (unpaired) electrons. The second-order valence-electron chi connectivity index (χ2n) is 4.26. The molecule has 0 fully saturated rings. The highest BCUT2D eigenvalue weighted by Crippen LogP contribution is 2.28. The van der Waals surface area contributed by atoms with Gasteiger partial charge in [0.2, 0.25) is 0 Å². The Morgan fingerprint density at radius 3 is 2.78 bits per heavy atom. The maximum atomic E-state index is 10.3. The lowest BCUT2D eigenvalue weighted by atomic mass is 10.0. The molecule has 0 bridgehead atoms. The smallest absolute Gasteiger partial charge is 0.132 e. The highest BCUT2D eigenvalue weighted by atomic mass is 79.9. The number of halogens is 2. The van der Waals surface area contributed by atoms with Gasteiger partial charge in [0.05, 0.1) is 11.8 Å². The van der Waals surface area contributed by atoms with Crippen LogP contribution < -0.4 is 0 Å². The van der Waals surface area contributed by atoms with Gasteiger partial charge in [-0.3, -0.25) is 4.68 Å². The maximum absolute atomic E-state index is 10.3. The van der Waals surface area contributed by atoms with Crippen LogP contribution in [0.4, 0.5) is 0 Å². The maximum Gasteiger partial charge on any atom is 0.132 e. The van der Waals surface area contributed by atoms with Crippen molar-refractivity contribution < 1.29 is 5.11 Å². The summed E-state index contributed by atoms with van der Waals surface area (Å²) < 4.78 is 2.58. The minimum Gasteiger partial charge on any atom is -0.388 e. The summed E-state index contributed by atoms with van der Waals surface area (Å²) in [6, 6.07) is 7.87. The van der Waals surface area contributed by atoms with E-state index in [1.165, 1.54) is 0 Å². The lowest BCUT2D eigenvalue weighted by Gasteiger charge is -2.11. The summed E-state index contributed by atoms with van der Waals surface area (Å²) in [6.45, 7) is 1.85. The fourth-order valence-electron chi connectivity index (χ4n) is 2.01. The monoisotopic (exact) mass is 328 g/mol. The van der Waals surface area contributed by atoms with Gasteiger partial charge in [-0.25, -0.2) is 0 Å². The van der Waals surface area contributed by atoms with E-state index >= 15 is 0 Å². The van der Waals surface area contributed by atoms with Gasteiger partial charge in [0.25, 0.3) is 0 Å². The number of aliphatic hydroxyl groups is 1. The van der Waals surface area contributed by atoms with Gasteiger partial charge in [-0.15, -0.1) is 0 Å². The van der Waals surface area contributed by atoms with E-state index in [0.717, 1.165) is 15.7 Å². The van der Waals surface area contributed by atoms with Gasteiger partial charge in [-0.2, -0.15) is 5.10 Å². The van der Waals surface area contributed by atoms with Crippen LogP contribution in [-0.4, -0.2) is 14.9 Å². The molecule has 1 atom stereocenters. The van der Waals surface area contributed by atoms with E-state index in [9.17, 15) is 5.11 Å². The highest BCUT2D eigenvalue weighted by molar-refractivity contribution is 9.10. The Kier molecular flexibility index (Phi) is 4.10. The average Bonchev–Trinajstić information content (AvgIpc) is 2.53. The lowest BCUT2D eigenvalue weighted by Crippen LogP contribution is -2.03. The van der Waals surface area contributed by atoms with E-state index in [1.54, 1.807) is 11.7 Å². The number of rotatable bonds is 3. The molecule has 0 amide bonds. The van der Waals surface area contributed by atoms with Gasteiger partial charge in [-0.1, -0.05) is 39.7 Å². The topological polar surface area (TPSA) is 38.0 Å². The number of aliphatic hydroxyl groups excluding tert-OH is 1. The number of benzene rings is 1. The van der Waals surface area contributed by atoms with Crippen LogP contribution in [0.5, 0.6) is 0 Å². The number of aryl methyl sites for hydroxylation is 2. The minimum atomic E-state index is -0.638. The predicted octanol–water partition coefficient (Wildman–Crippen LogP) is 3.42. The highest BCUT2D eigenvalue weighted by Gasteiger charge is 2.19. The molecule has 96 valence electrons. The molecule has 3 nitrogen and oxygen atoms in total. The zero-order valence-electron chi connectivity index (χ0n) is 10.2. The van der Waals surface area contributed by atoms with Gasteiger partial charge in [0.1, 0.15) is 5.15 Å². The molecule has 1 unspecified atom stereocenters. The van der Waals surface area contributed by atoms with Crippen molar-refractivity contribution in [2.45, 2.75) is 19.4 Å². The molecule has 0 aliphatic carbocycles. The molecule has 2 aromatic rings. The molecule has 0 saturated carbocycles. The third-order valence-corrected chi connectivity index (χ3v) is 3.79. The molecule has 0 aliphatic heterocycles. The quantitative estimate of drug-likeness (QED) is 0.937. The van der Waals surface area contributed by atoms with Crippen LogP contribution in [0.15, 0.2) is 28.7 Å². The van der Waals surface area contributed by atoms with E-state index in [4.69, 9.17) is 11.6 Å². The van der Waals surface area contributed by atoms with Crippen LogP contribution in [0.2, 0.25) is 5.15 Å². The fraction of sp³-hybridized carbons (Fsp3) is 0.308. The molecule has 1 aromatic heterocycles. The molecular formula is C13H14BrClN2O. The molecule has 18 heavy (non-hydrogen) atoms. The molecule has 5 heteroatoms. The zero-order valence-corrected chi connectivity index (χ0v) is 12.5. The van der Waals surface area contributed by atoms with Crippen molar-refractivity contribution in [3.05, 3.63) is 50.7 Å². The van der Waals surface area contributed by atoms with E-state index in [2.05, 4.69) is 21.0 Å². The summed E-state index contributed by atoms with van der Waals surface area (Å²) >= 11 is 9.55. The number of nitrogens with zero attached hydrogens (tertiary/aromatic N) is 2. The van der Waals surface area contributed by atoms with E-state index in [0.29, 0.717) is 17.1 Å². The van der Waals surface area contributed by atoms with Gasteiger partial charge in [-0.05, 0) is 24.6 Å². The molecule has 0 aliphatic rings. The first-order valence-electron chi connectivity index (χ1n) is 5.60. The zero-order chi connectivity index (χ0) is 13.3. The number of hydrogen-bond donors (Lipinski definition) is 1. The van der Waals surface area contributed by atoms with Crippen molar-refractivity contribution in [3.63, 3.8) is 0 Å². The first kappa shape index (κ1) is 13.6. The van der Waals surface area contributed by atoms with E-state index in [1.807, 2.05) is 31.2 Å². The molecular weight excluding hydrogens is 316 g/mol.